The van der Waals surface area contributed by atoms with Gasteiger partial charge in [-0.15, -0.1) is 0 Å². The minimum absolute atomic E-state index is 0.251. The van der Waals surface area contributed by atoms with Crippen molar-refractivity contribution in [3.8, 4) is 11.3 Å². The van der Waals surface area contributed by atoms with E-state index >= 15 is 0 Å². The normalized spacial score (nSPS) is 10.4. The third-order valence-electron chi connectivity index (χ3n) is 2.06. The number of hydrogen-bond donors (Lipinski definition) is 2. The Morgan fingerprint density at radius 1 is 1.25 bits per heavy atom. The van der Waals surface area contributed by atoms with E-state index in [-0.39, 0.29) is 5.69 Å². The number of H-pyrrole nitrogens is 1. The summed E-state index contributed by atoms with van der Waals surface area (Å²) in [5.41, 5.74) is 6.71. The Bertz CT molecular complexity index is 551. The number of aromatic amines is 1. The van der Waals surface area contributed by atoms with Gasteiger partial charge in [0.15, 0.2) is 0 Å². The minimum atomic E-state index is -0.557. The minimum Gasteiger partial charge on any atom is -0.364 e. The zero-order chi connectivity index (χ0) is 11.7. The van der Waals surface area contributed by atoms with Crippen LogP contribution in [0.1, 0.15) is 10.5 Å². The van der Waals surface area contributed by atoms with Gasteiger partial charge in [0.25, 0.3) is 5.91 Å². The maximum absolute atomic E-state index is 10.9. The van der Waals surface area contributed by atoms with Crippen molar-refractivity contribution in [3.63, 3.8) is 0 Å². The molecule has 82 valence electrons. The van der Waals surface area contributed by atoms with Gasteiger partial charge in [-0.05, 0) is 18.2 Å². The van der Waals surface area contributed by atoms with Crippen LogP contribution in [-0.2, 0) is 0 Å². The molecule has 0 saturated carbocycles. The van der Waals surface area contributed by atoms with Crippen LogP contribution in [0.3, 0.4) is 0 Å². The number of nitrogens with one attached hydrogen (secondary N) is 1. The summed E-state index contributed by atoms with van der Waals surface area (Å²) in [4.78, 5) is 10.9. The van der Waals surface area contributed by atoms with Crippen LogP contribution < -0.4 is 5.73 Å². The van der Waals surface area contributed by atoms with Crippen LogP contribution >= 0.6 is 23.2 Å². The van der Waals surface area contributed by atoms with Gasteiger partial charge in [-0.3, -0.25) is 9.89 Å². The van der Waals surface area contributed by atoms with Crippen LogP contribution in [0.25, 0.3) is 11.3 Å². The predicted molar refractivity (Wildman–Crippen MR) is 62.6 cm³/mol. The average Bonchev–Trinajstić information content (AvgIpc) is 2.71. The van der Waals surface area contributed by atoms with Crippen molar-refractivity contribution in [2.24, 2.45) is 5.73 Å². The standard InChI is InChI=1S/C10H7Cl2N3O/c11-6-2-1-5(3-7(6)12)8-4-9(10(13)16)15-14-8/h1-4H,(H2,13,16)(H,14,15). The number of nitrogens with zero attached hydrogens (tertiary/aromatic N) is 1. The number of carbonyl (C=O) groups excluding carboxylic acids is 1. The first-order chi connectivity index (χ1) is 7.58. The van der Waals surface area contributed by atoms with Gasteiger partial charge in [-0.25, -0.2) is 0 Å². The molecular weight excluding hydrogens is 249 g/mol. The zero-order valence-corrected chi connectivity index (χ0v) is 9.51. The van der Waals surface area contributed by atoms with Gasteiger partial charge in [0.1, 0.15) is 5.69 Å². The quantitative estimate of drug-likeness (QED) is 0.866. The molecule has 0 radical (unpaired) electrons. The number of rotatable bonds is 2. The molecular formula is C10H7Cl2N3O. The summed E-state index contributed by atoms with van der Waals surface area (Å²) in [5, 5.41) is 7.39. The van der Waals surface area contributed by atoms with Crippen LogP contribution in [0.15, 0.2) is 24.3 Å². The number of aromatic nitrogens is 2. The molecule has 0 aliphatic rings. The summed E-state index contributed by atoms with van der Waals surface area (Å²) in [6, 6.07) is 6.65. The second kappa shape index (κ2) is 4.15. The average molecular weight is 256 g/mol. The topological polar surface area (TPSA) is 71.8 Å². The molecule has 0 bridgehead atoms. The molecule has 2 rings (SSSR count). The van der Waals surface area contributed by atoms with Crippen molar-refractivity contribution in [2.75, 3.05) is 0 Å². The van der Waals surface area contributed by atoms with Gasteiger partial charge >= 0.3 is 0 Å². The predicted octanol–water partition coefficient (Wildman–Crippen LogP) is 2.48. The molecule has 0 aliphatic heterocycles. The van der Waals surface area contributed by atoms with Crippen LogP contribution in [0.5, 0.6) is 0 Å². The molecule has 16 heavy (non-hydrogen) atoms. The molecule has 0 aliphatic carbocycles. The number of carbonyl (C=O) groups is 1. The fraction of sp³-hybridized carbons (Fsp3) is 0. The summed E-state index contributed by atoms with van der Waals surface area (Å²) in [6.45, 7) is 0. The monoisotopic (exact) mass is 255 g/mol. The number of amides is 1. The Morgan fingerprint density at radius 2 is 2.00 bits per heavy atom. The number of halogens is 2. The summed E-state index contributed by atoms with van der Waals surface area (Å²) in [7, 11) is 0. The molecule has 4 nitrogen and oxygen atoms in total. The number of hydrogen-bond acceptors (Lipinski definition) is 2. The Hall–Kier alpha value is -1.52. The van der Waals surface area contributed by atoms with Gasteiger partial charge < -0.3 is 5.73 Å². The van der Waals surface area contributed by atoms with Crippen molar-refractivity contribution in [1.82, 2.24) is 10.2 Å². The van der Waals surface area contributed by atoms with E-state index in [0.717, 1.165) is 5.56 Å². The van der Waals surface area contributed by atoms with E-state index < -0.39 is 5.91 Å². The summed E-state index contributed by atoms with van der Waals surface area (Å²) in [5.74, 6) is -0.557. The zero-order valence-electron chi connectivity index (χ0n) is 8.00. The van der Waals surface area contributed by atoms with Crippen LogP contribution in [0.4, 0.5) is 0 Å². The third kappa shape index (κ3) is 2.03. The highest BCUT2D eigenvalue weighted by atomic mass is 35.5. The molecule has 0 fully saturated rings. The Labute approximate surface area is 101 Å². The van der Waals surface area contributed by atoms with Gasteiger partial charge in [0.2, 0.25) is 0 Å². The first-order valence-corrected chi connectivity index (χ1v) is 5.14. The molecule has 3 N–H and O–H groups in total. The number of benzene rings is 1. The van der Waals surface area contributed by atoms with Gasteiger partial charge in [-0.2, -0.15) is 5.10 Å². The molecule has 0 spiro atoms. The lowest BCUT2D eigenvalue weighted by Crippen LogP contribution is -2.10. The van der Waals surface area contributed by atoms with E-state index in [9.17, 15) is 4.79 Å². The molecule has 0 saturated heterocycles. The lowest BCUT2D eigenvalue weighted by Gasteiger charge is -1.98. The molecule has 1 heterocycles. The number of primary amides is 1. The van der Waals surface area contributed by atoms with Gasteiger partial charge in [0.05, 0.1) is 15.7 Å². The summed E-state index contributed by atoms with van der Waals surface area (Å²) < 4.78 is 0. The van der Waals surface area contributed by atoms with E-state index in [0.29, 0.717) is 15.7 Å². The fourth-order valence-electron chi connectivity index (χ4n) is 1.25. The number of nitrogens with two attached hydrogens (primary N) is 1. The van der Waals surface area contributed by atoms with E-state index in [1.54, 1.807) is 24.3 Å². The Balaban J connectivity index is 2.42. The molecule has 1 amide bonds. The fourth-order valence-corrected chi connectivity index (χ4v) is 1.55. The van der Waals surface area contributed by atoms with Crippen molar-refractivity contribution >= 4 is 29.1 Å². The molecule has 1 aromatic carbocycles. The maximum Gasteiger partial charge on any atom is 0.266 e. The van der Waals surface area contributed by atoms with Crippen molar-refractivity contribution < 1.29 is 4.79 Å². The molecule has 1 aromatic heterocycles. The summed E-state index contributed by atoms with van der Waals surface area (Å²) >= 11 is 11.7. The van der Waals surface area contributed by atoms with Gasteiger partial charge in [-0.1, -0.05) is 29.3 Å². The van der Waals surface area contributed by atoms with E-state index in [2.05, 4.69) is 10.2 Å². The molecule has 2 aromatic rings. The highest BCUT2D eigenvalue weighted by Gasteiger charge is 2.08. The SMILES string of the molecule is NC(=O)c1cc(-c2ccc(Cl)c(Cl)c2)n[nH]1. The van der Waals surface area contributed by atoms with E-state index in [1.807, 2.05) is 0 Å². The molecule has 6 heteroatoms. The van der Waals surface area contributed by atoms with Crippen LogP contribution in [0.2, 0.25) is 10.0 Å². The third-order valence-corrected chi connectivity index (χ3v) is 2.80. The molecule has 0 unspecified atom stereocenters. The lowest BCUT2D eigenvalue weighted by molar-refractivity contribution is 0.0995. The highest BCUT2D eigenvalue weighted by molar-refractivity contribution is 6.42. The van der Waals surface area contributed by atoms with Gasteiger partial charge in [0, 0.05) is 5.56 Å². The van der Waals surface area contributed by atoms with E-state index in [4.69, 9.17) is 28.9 Å². The first-order valence-electron chi connectivity index (χ1n) is 4.38. The summed E-state index contributed by atoms with van der Waals surface area (Å²) in [6.07, 6.45) is 0. The Kier molecular flexibility index (Phi) is 2.85. The van der Waals surface area contributed by atoms with Crippen molar-refractivity contribution in [2.45, 2.75) is 0 Å². The van der Waals surface area contributed by atoms with Crippen LogP contribution in [-0.4, -0.2) is 16.1 Å². The Morgan fingerprint density at radius 3 is 2.56 bits per heavy atom. The maximum atomic E-state index is 10.9. The largest absolute Gasteiger partial charge is 0.364 e. The lowest BCUT2D eigenvalue weighted by atomic mass is 10.1. The second-order valence-electron chi connectivity index (χ2n) is 3.16. The first kappa shape index (κ1) is 11.0. The smallest absolute Gasteiger partial charge is 0.266 e. The van der Waals surface area contributed by atoms with E-state index in [1.165, 1.54) is 0 Å². The van der Waals surface area contributed by atoms with Crippen molar-refractivity contribution in [1.29, 1.82) is 0 Å². The van der Waals surface area contributed by atoms with Crippen molar-refractivity contribution in [3.05, 3.63) is 40.0 Å². The second-order valence-corrected chi connectivity index (χ2v) is 3.97. The van der Waals surface area contributed by atoms with Crippen LogP contribution in [0, 0.1) is 0 Å². The highest BCUT2D eigenvalue weighted by Crippen LogP contribution is 2.27. The molecule has 0 atom stereocenters.